The summed E-state index contributed by atoms with van der Waals surface area (Å²) in [7, 11) is 1.98. The number of rotatable bonds is 4. The zero-order valence-corrected chi connectivity index (χ0v) is 16.1. The molecule has 1 aliphatic rings. The maximum Gasteiger partial charge on any atom is 0.264 e. The zero-order chi connectivity index (χ0) is 18.1. The van der Waals surface area contributed by atoms with Gasteiger partial charge < -0.3 is 10.2 Å². The van der Waals surface area contributed by atoms with E-state index in [1.54, 1.807) is 11.3 Å². The summed E-state index contributed by atoms with van der Waals surface area (Å²) in [5, 5.41) is 8.98. The van der Waals surface area contributed by atoms with Crippen LogP contribution < -0.4 is 5.32 Å². The normalized spacial score (nSPS) is 17.8. The van der Waals surface area contributed by atoms with Gasteiger partial charge in [0.25, 0.3) is 5.91 Å². The molecule has 3 aromatic rings. The summed E-state index contributed by atoms with van der Waals surface area (Å²) < 4.78 is 1.95. The second kappa shape index (κ2) is 7.21. The van der Waals surface area contributed by atoms with E-state index in [-0.39, 0.29) is 5.91 Å². The summed E-state index contributed by atoms with van der Waals surface area (Å²) in [4.78, 5) is 16.9. The second-order valence-corrected chi connectivity index (χ2v) is 8.01. The lowest BCUT2D eigenvalue weighted by Crippen LogP contribution is -2.42. The molecule has 0 spiro atoms. The smallest absolute Gasteiger partial charge is 0.264 e. The first-order valence-corrected chi connectivity index (χ1v) is 9.97. The highest BCUT2D eigenvalue weighted by atomic mass is 32.1. The van der Waals surface area contributed by atoms with Gasteiger partial charge in [-0.25, -0.2) is 4.68 Å². The number of likely N-dealkylation sites (tertiary alicyclic amines) is 1. The number of thiophene rings is 1. The highest BCUT2D eigenvalue weighted by Crippen LogP contribution is 2.31. The number of hydrogen-bond acceptors (Lipinski definition) is 4. The Balaban J connectivity index is 1.64. The maximum atomic E-state index is 13.1. The van der Waals surface area contributed by atoms with Crippen LogP contribution in [0.5, 0.6) is 0 Å². The van der Waals surface area contributed by atoms with Gasteiger partial charge in [0.05, 0.1) is 16.3 Å². The molecule has 1 aliphatic heterocycles. The number of carbonyl (C=O) groups excluding carboxylic acids is 1. The van der Waals surface area contributed by atoms with Crippen molar-refractivity contribution in [2.75, 3.05) is 26.7 Å². The molecule has 0 saturated carbocycles. The highest BCUT2D eigenvalue weighted by molar-refractivity contribution is 7.20. The standard InChI is InChI=1S/C20H24N4OS/c1-14-17-11-18(19(25)23-10-6-7-15(13-23)12-21-2)26-20(17)24(22-14)16-8-4-3-5-9-16/h3-5,8-9,11,15,21H,6-7,10,12-13H2,1-2H3. The number of para-hydroxylation sites is 1. The Morgan fingerprint density at radius 1 is 1.35 bits per heavy atom. The minimum absolute atomic E-state index is 0.158. The molecule has 2 aromatic heterocycles. The van der Waals surface area contributed by atoms with E-state index in [1.807, 2.05) is 60.0 Å². The van der Waals surface area contributed by atoms with Gasteiger partial charge in [0.1, 0.15) is 4.83 Å². The van der Waals surface area contributed by atoms with E-state index in [0.717, 1.165) is 52.5 Å². The van der Waals surface area contributed by atoms with Crippen LogP contribution in [0.4, 0.5) is 0 Å². The first-order chi connectivity index (χ1) is 12.7. The van der Waals surface area contributed by atoms with Gasteiger partial charge >= 0.3 is 0 Å². The predicted octanol–water partition coefficient (Wildman–Crippen LogP) is 3.47. The third kappa shape index (κ3) is 3.15. The van der Waals surface area contributed by atoms with Crippen molar-refractivity contribution in [3.8, 4) is 5.69 Å². The van der Waals surface area contributed by atoms with Crippen molar-refractivity contribution in [2.24, 2.45) is 5.92 Å². The van der Waals surface area contributed by atoms with Gasteiger partial charge in [0.2, 0.25) is 0 Å². The highest BCUT2D eigenvalue weighted by Gasteiger charge is 2.26. The number of aryl methyl sites for hydroxylation is 1. The van der Waals surface area contributed by atoms with Crippen molar-refractivity contribution in [3.63, 3.8) is 0 Å². The van der Waals surface area contributed by atoms with Gasteiger partial charge in [-0.15, -0.1) is 11.3 Å². The predicted molar refractivity (Wildman–Crippen MR) is 106 cm³/mol. The van der Waals surface area contributed by atoms with Crippen molar-refractivity contribution in [3.05, 3.63) is 47.0 Å². The van der Waals surface area contributed by atoms with Crippen molar-refractivity contribution in [1.82, 2.24) is 20.0 Å². The van der Waals surface area contributed by atoms with E-state index in [9.17, 15) is 4.79 Å². The molecule has 4 rings (SSSR count). The summed E-state index contributed by atoms with van der Waals surface area (Å²) >= 11 is 1.55. The van der Waals surface area contributed by atoms with Gasteiger partial charge in [-0.2, -0.15) is 5.10 Å². The molecule has 1 amide bonds. The quantitative estimate of drug-likeness (QED) is 0.767. The number of nitrogens with one attached hydrogen (secondary N) is 1. The summed E-state index contributed by atoms with van der Waals surface area (Å²) in [6.45, 7) is 4.68. The Morgan fingerprint density at radius 3 is 2.92 bits per heavy atom. The largest absolute Gasteiger partial charge is 0.338 e. The Bertz CT molecular complexity index is 913. The van der Waals surface area contributed by atoms with Gasteiger partial charge in [-0.3, -0.25) is 4.79 Å². The van der Waals surface area contributed by atoms with E-state index >= 15 is 0 Å². The number of carbonyl (C=O) groups is 1. The Morgan fingerprint density at radius 2 is 2.15 bits per heavy atom. The van der Waals surface area contributed by atoms with Gasteiger partial charge in [-0.1, -0.05) is 18.2 Å². The number of hydrogen-bond donors (Lipinski definition) is 1. The van der Waals surface area contributed by atoms with Crippen LogP contribution in [0.15, 0.2) is 36.4 Å². The van der Waals surface area contributed by atoms with Crippen LogP contribution in [0.2, 0.25) is 0 Å². The van der Waals surface area contributed by atoms with Crippen LogP contribution in [0.3, 0.4) is 0 Å². The zero-order valence-electron chi connectivity index (χ0n) is 15.2. The van der Waals surface area contributed by atoms with E-state index in [0.29, 0.717) is 5.92 Å². The molecule has 1 saturated heterocycles. The van der Waals surface area contributed by atoms with Gasteiger partial charge in [0.15, 0.2) is 0 Å². The molecule has 1 fully saturated rings. The summed E-state index contributed by atoms with van der Waals surface area (Å²) in [5.74, 6) is 0.708. The molecule has 1 unspecified atom stereocenters. The summed E-state index contributed by atoms with van der Waals surface area (Å²) in [5.41, 5.74) is 1.99. The average molecular weight is 369 g/mol. The lowest BCUT2D eigenvalue weighted by molar-refractivity contribution is 0.0679. The maximum absolute atomic E-state index is 13.1. The number of aromatic nitrogens is 2. The third-order valence-electron chi connectivity index (χ3n) is 5.06. The molecular formula is C20H24N4OS. The average Bonchev–Trinajstić information content (AvgIpc) is 3.23. The van der Waals surface area contributed by atoms with Crippen molar-refractivity contribution in [2.45, 2.75) is 19.8 Å². The van der Waals surface area contributed by atoms with Crippen LogP contribution in [0.25, 0.3) is 15.9 Å². The van der Waals surface area contributed by atoms with Crippen molar-refractivity contribution >= 4 is 27.5 Å². The van der Waals surface area contributed by atoms with E-state index < -0.39 is 0 Å². The number of fused-ring (bicyclic) bond motifs is 1. The van der Waals surface area contributed by atoms with Crippen LogP contribution in [-0.2, 0) is 0 Å². The molecule has 1 aromatic carbocycles. The summed E-state index contributed by atoms with van der Waals surface area (Å²) in [6, 6.07) is 12.1. The first kappa shape index (κ1) is 17.2. The van der Waals surface area contributed by atoms with Crippen molar-refractivity contribution in [1.29, 1.82) is 0 Å². The lowest BCUT2D eigenvalue weighted by atomic mass is 9.98. The topological polar surface area (TPSA) is 50.2 Å². The molecule has 0 bridgehead atoms. The van der Waals surface area contributed by atoms with Crippen LogP contribution >= 0.6 is 11.3 Å². The van der Waals surface area contributed by atoms with Gasteiger partial charge in [0, 0.05) is 18.5 Å². The Labute approximate surface area is 157 Å². The van der Waals surface area contributed by atoms with Gasteiger partial charge in [-0.05, 0) is 57.5 Å². The molecule has 3 heterocycles. The monoisotopic (exact) mass is 368 g/mol. The fraction of sp³-hybridized carbons (Fsp3) is 0.400. The number of amides is 1. The first-order valence-electron chi connectivity index (χ1n) is 9.16. The molecule has 5 nitrogen and oxygen atoms in total. The molecule has 136 valence electrons. The van der Waals surface area contributed by atoms with Crippen LogP contribution in [-0.4, -0.2) is 47.3 Å². The number of benzene rings is 1. The molecule has 1 atom stereocenters. The molecule has 0 radical (unpaired) electrons. The molecule has 1 N–H and O–H groups in total. The van der Waals surface area contributed by atoms with E-state index in [4.69, 9.17) is 0 Å². The SMILES string of the molecule is CNCC1CCCN(C(=O)c2cc3c(C)nn(-c4ccccc4)c3s2)C1. The second-order valence-electron chi connectivity index (χ2n) is 6.98. The lowest BCUT2D eigenvalue weighted by Gasteiger charge is -2.32. The molecule has 26 heavy (non-hydrogen) atoms. The number of piperidine rings is 1. The fourth-order valence-corrected chi connectivity index (χ4v) is 4.91. The molecule has 0 aliphatic carbocycles. The van der Waals surface area contributed by atoms with Crippen molar-refractivity contribution < 1.29 is 4.79 Å². The molecule has 6 heteroatoms. The number of nitrogens with zero attached hydrogens (tertiary/aromatic N) is 3. The molecular weight excluding hydrogens is 344 g/mol. The third-order valence-corrected chi connectivity index (χ3v) is 6.15. The minimum atomic E-state index is 0.158. The fourth-order valence-electron chi connectivity index (χ4n) is 3.76. The van der Waals surface area contributed by atoms with E-state index in [2.05, 4.69) is 10.4 Å². The summed E-state index contributed by atoms with van der Waals surface area (Å²) in [6.07, 6.45) is 2.28. The Kier molecular flexibility index (Phi) is 4.78. The van der Waals surface area contributed by atoms with Crippen LogP contribution in [0, 0.1) is 12.8 Å². The minimum Gasteiger partial charge on any atom is -0.338 e. The van der Waals surface area contributed by atoms with Crippen LogP contribution in [0.1, 0.15) is 28.2 Å². The Hall–Kier alpha value is -2.18. The van der Waals surface area contributed by atoms with E-state index in [1.165, 1.54) is 6.42 Å².